The van der Waals surface area contributed by atoms with E-state index in [4.69, 9.17) is 11.5 Å². The molecule has 0 bridgehead atoms. The minimum atomic E-state index is -0.754. The van der Waals surface area contributed by atoms with Crippen molar-refractivity contribution in [1.29, 1.82) is 5.26 Å². The maximum absolute atomic E-state index is 11.7. The number of rotatable bonds is 2. The van der Waals surface area contributed by atoms with Gasteiger partial charge in [0.25, 0.3) is 5.91 Å². The van der Waals surface area contributed by atoms with Crippen molar-refractivity contribution in [3.8, 4) is 22.9 Å². The number of fused-ring (bicyclic) bond motifs is 1. The number of nitrogens with zero attached hydrogens (tertiary/aromatic N) is 2. The lowest BCUT2D eigenvalue weighted by Crippen LogP contribution is -2.17. The summed E-state index contributed by atoms with van der Waals surface area (Å²) in [6.45, 7) is 1.73. The highest BCUT2D eigenvalue weighted by molar-refractivity contribution is 6.10. The summed E-state index contributed by atoms with van der Waals surface area (Å²) in [4.78, 5) is 15.9. The summed E-state index contributed by atoms with van der Waals surface area (Å²) in [6.07, 6.45) is 0. The molecule has 0 spiro atoms. The summed E-state index contributed by atoms with van der Waals surface area (Å²) >= 11 is 0. The second kappa shape index (κ2) is 5.56. The van der Waals surface area contributed by atoms with Gasteiger partial charge in [0.2, 0.25) is 0 Å². The van der Waals surface area contributed by atoms with Gasteiger partial charge in [0, 0.05) is 10.9 Å². The SMILES string of the molecule is Cc1c(O)cccc1-c1c(N)c(C(N)=O)nc2cccc(C#N)c12. The van der Waals surface area contributed by atoms with E-state index in [0.29, 0.717) is 33.2 Å². The maximum atomic E-state index is 11.7. The van der Waals surface area contributed by atoms with Gasteiger partial charge in [-0.15, -0.1) is 0 Å². The molecule has 5 N–H and O–H groups in total. The maximum Gasteiger partial charge on any atom is 0.269 e. The Balaban J connectivity index is 2.58. The van der Waals surface area contributed by atoms with E-state index >= 15 is 0 Å². The number of hydrogen-bond donors (Lipinski definition) is 3. The zero-order valence-electron chi connectivity index (χ0n) is 12.9. The predicted octanol–water partition coefficient (Wildman–Crippen LogP) is 2.47. The quantitative estimate of drug-likeness (QED) is 0.669. The average molecular weight is 318 g/mol. The molecule has 0 unspecified atom stereocenters. The number of primary amides is 1. The van der Waals surface area contributed by atoms with E-state index in [2.05, 4.69) is 11.1 Å². The molecule has 2 aromatic carbocycles. The number of amides is 1. The van der Waals surface area contributed by atoms with Gasteiger partial charge in [-0.2, -0.15) is 5.26 Å². The van der Waals surface area contributed by atoms with Gasteiger partial charge < -0.3 is 16.6 Å². The third-order valence-corrected chi connectivity index (χ3v) is 3.98. The van der Waals surface area contributed by atoms with Gasteiger partial charge in [-0.25, -0.2) is 4.98 Å². The molecule has 6 nitrogen and oxygen atoms in total. The normalized spacial score (nSPS) is 10.5. The molecule has 24 heavy (non-hydrogen) atoms. The van der Waals surface area contributed by atoms with Crippen molar-refractivity contribution >= 4 is 22.5 Å². The monoisotopic (exact) mass is 318 g/mol. The largest absolute Gasteiger partial charge is 0.508 e. The molecule has 1 aromatic heterocycles. The van der Waals surface area contributed by atoms with Gasteiger partial charge in [0.15, 0.2) is 5.69 Å². The van der Waals surface area contributed by atoms with Gasteiger partial charge >= 0.3 is 0 Å². The molecule has 0 atom stereocenters. The first-order valence-corrected chi connectivity index (χ1v) is 7.16. The number of phenolic OH excluding ortho intramolecular Hbond substituents is 1. The first-order valence-electron chi connectivity index (χ1n) is 7.16. The van der Waals surface area contributed by atoms with Crippen LogP contribution in [-0.4, -0.2) is 16.0 Å². The Bertz CT molecular complexity index is 1040. The van der Waals surface area contributed by atoms with Crippen LogP contribution in [0.5, 0.6) is 5.75 Å². The Morgan fingerprint density at radius 1 is 1.25 bits per heavy atom. The zero-order chi connectivity index (χ0) is 17.4. The molecule has 0 aliphatic carbocycles. The van der Waals surface area contributed by atoms with Gasteiger partial charge in [-0.3, -0.25) is 4.79 Å². The van der Waals surface area contributed by atoms with Crippen molar-refractivity contribution in [3.05, 3.63) is 53.2 Å². The summed E-state index contributed by atoms with van der Waals surface area (Å²) in [5.74, 6) is -0.664. The summed E-state index contributed by atoms with van der Waals surface area (Å²) in [6, 6.07) is 12.1. The Morgan fingerprint density at radius 3 is 2.62 bits per heavy atom. The number of phenols is 1. The Hall–Kier alpha value is -3.59. The van der Waals surface area contributed by atoms with Crippen LogP contribution in [-0.2, 0) is 0 Å². The average Bonchev–Trinajstić information content (AvgIpc) is 2.56. The van der Waals surface area contributed by atoms with E-state index in [1.165, 1.54) is 0 Å². The third kappa shape index (κ3) is 2.20. The number of nitriles is 1. The molecule has 0 aliphatic rings. The van der Waals surface area contributed by atoms with Crippen molar-refractivity contribution in [2.75, 3.05) is 5.73 Å². The van der Waals surface area contributed by atoms with E-state index in [-0.39, 0.29) is 17.1 Å². The molecule has 0 saturated carbocycles. The number of nitrogens with two attached hydrogens (primary N) is 2. The van der Waals surface area contributed by atoms with Gasteiger partial charge in [0.05, 0.1) is 22.8 Å². The fourth-order valence-electron chi connectivity index (χ4n) is 2.78. The number of anilines is 1. The van der Waals surface area contributed by atoms with E-state index < -0.39 is 5.91 Å². The molecule has 0 fully saturated rings. The summed E-state index contributed by atoms with van der Waals surface area (Å²) in [5, 5.41) is 20.0. The molecular formula is C18H14N4O2. The third-order valence-electron chi connectivity index (χ3n) is 3.98. The van der Waals surface area contributed by atoms with Crippen LogP contribution in [0.4, 0.5) is 5.69 Å². The van der Waals surface area contributed by atoms with E-state index in [0.717, 1.165) is 0 Å². The van der Waals surface area contributed by atoms with Gasteiger partial charge in [-0.1, -0.05) is 18.2 Å². The number of benzene rings is 2. The highest BCUT2D eigenvalue weighted by Gasteiger charge is 2.21. The second-order valence-electron chi connectivity index (χ2n) is 5.37. The van der Waals surface area contributed by atoms with E-state index in [9.17, 15) is 15.2 Å². The van der Waals surface area contributed by atoms with Gasteiger partial charge in [0.1, 0.15) is 5.75 Å². The highest BCUT2D eigenvalue weighted by Crippen LogP contribution is 2.40. The molecule has 0 radical (unpaired) electrons. The van der Waals surface area contributed by atoms with Gasteiger partial charge in [-0.05, 0) is 36.2 Å². The second-order valence-corrected chi connectivity index (χ2v) is 5.37. The number of aromatic nitrogens is 1. The molecule has 3 rings (SSSR count). The smallest absolute Gasteiger partial charge is 0.269 e. The van der Waals surface area contributed by atoms with Crippen molar-refractivity contribution < 1.29 is 9.90 Å². The summed E-state index contributed by atoms with van der Waals surface area (Å²) < 4.78 is 0. The topological polar surface area (TPSA) is 126 Å². The van der Waals surface area contributed by atoms with Crippen LogP contribution in [0, 0.1) is 18.3 Å². The Morgan fingerprint density at radius 2 is 1.96 bits per heavy atom. The predicted molar refractivity (Wildman–Crippen MR) is 91.2 cm³/mol. The summed E-state index contributed by atoms with van der Waals surface area (Å²) in [7, 11) is 0. The lowest BCUT2D eigenvalue weighted by Gasteiger charge is -2.16. The number of pyridine rings is 1. The van der Waals surface area contributed by atoms with Crippen LogP contribution in [0.3, 0.4) is 0 Å². The fraction of sp³-hybridized carbons (Fsp3) is 0.0556. The van der Waals surface area contributed by atoms with Crippen LogP contribution in [0.15, 0.2) is 36.4 Å². The first kappa shape index (κ1) is 15.3. The molecule has 6 heteroatoms. The minimum Gasteiger partial charge on any atom is -0.508 e. The standard InChI is InChI=1S/C18H14N4O2/c1-9-11(5-3-7-13(9)23)15-14-10(8-19)4-2-6-12(14)22-17(16(15)20)18(21)24/h2-7,23H,20H2,1H3,(H2,21,24). The van der Waals surface area contributed by atoms with Crippen molar-refractivity contribution in [2.45, 2.75) is 6.92 Å². The molecule has 1 amide bonds. The van der Waals surface area contributed by atoms with Crippen molar-refractivity contribution in [1.82, 2.24) is 4.98 Å². The van der Waals surface area contributed by atoms with Crippen LogP contribution >= 0.6 is 0 Å². The number of carbonyl (C=O) groups is 1. The molecule has 118 valence electrons. The van der Waals surface area contributed by atoms with E-state index in [1.54, 1.807) is 43.3 Å². The number of aromatic hydroxyl groups is 1. The van der Waals surface area contributed by atoms with Crippen molar-refractivity contribution in [2.24, 2.45) is 5.73 Å². The zero-order valence-corrected chi connectivity index (χ0v) is 12.9. The Kier molecular flexibility index (Phi) is 3.54. The van der Waals surface area contributed by atoms with Crippen LogP contribution < -0.4 is 11.5 Å². The lowest BCUT2D eigenvalue weighted by atomic mass is 9.92. The van der Waals surface area contributed by atoms with Crippen LogP contribution in [0.1, 0.15) is 21.6 Å². The number of carbonyl (C=O) groups excluding carboxylic acids is 1. The minimum absolute atomic E-state index is 0.0599. The molecule has 0 aliphatic heterocycles. The number of nitrogen functional groups attached to an aromatic ring is 1. The lowest BCUT2D eigenvalue weighted by molar-refractivity contribution is 0.0997. The Labute approximate surface area is 138 Å². The van der Waals surface area contributed by atoms with E-state index in [1.807, 2.05) is 0 Å². The fourth-order valence-corrected chi connectivity index (χ4v) is 2.78. The first-order chi connectivity index (χ1) is 11.5. The van der Waals surface area contributed by atoms with Crippen LogP contribution in [0.25, 0.3) is 22.0 Å². The number of hydrogen-bond acceptors (Lipinski definition) is 5. The van der Waals surface area contributed by atoms with Crippen LogP contribution in [0.2, 0.25) is 0 Å². The molecule has 1 heterocycles. The molecular weight excluding hydrogens is 304 g/mol. The molecule has 0 saturated heterocycles. The van der Waals surface area contributed by atoms with Crippen molar-refractivity contribution in [3.63, 3.8) is 0 Å². The molecule has 3 aromatic rings. The highest BCUT2D eigenvalue weighted by atomic mass is 16.3. The summed E-state index contributed by atoms with van der Waals surface area (Å²) in [5.41, 5.74) is 14.1.